The van der Waals surface area contributed by atoms with Crippen molar-refractivity contribution in [1.29, 1.82) is 0 Å². The molecule has 0 aliphatic rings. The SMILES string of the molecule is CNC(O)c1cn(C[C@@H](F)CCc2nnc(NC(=O)Cc3cccc(OC(F)(F)F)c3)s2)nn1. The first-order valence-electron chi connectivity index (χ1n) is 9.97. The zero-order chi connectivity index (χ0) is 24.7. The summed E-state index contributed by atoms with van der Waals surface area (Å²) in [6.45, 7) is -0.0526. The molecule has 3 aromatic rings. The number of rotatable bonds is 11. The standard InChI is InChI=1S/C19H21F4N7O3S/c1-24-17(32)14-10-30(29-26-14)9-12(20)5-6-16-27-28-18(34-16)25-15(31)8-11-3-2-4-13(7-11)33-19(21,22)23/h2-4,7,10,12,17,24,32H,5-6,8-9H2,1H3,(H,25,28,31)/t12-,17?/m0/s1. The molecule has 0 fully saturated rings. The van der Waals surface area contributed by atoms with E-state index in [-0.39, 0.29) is 36.6 Å². The van der Waals surface area contributed by atoms with E-state index >= 15 is 0 Å². The van der Waals surface area contributed by atoms with Crippen LogP contribution in [0.2, 0.25) is 0 Å². The van der Waals surface area contributed by atoms with E-state index < -0.39 is 30.4 Å². The molecule has 0 aliphatic heterocycles. The summed E-state index contributed by atoms with van der Waals surface area (Å²) in [6.07, 6.45) is -5.43. The lowest BCUT2D eigenvalue weighted by atomic mass is 10.1. The van der Waals surface area contributed by atoms with Crippen LogP contribution in [-0.2, 0) is 24.2 Å². The zero-order valence-corrected chi connectivity index (χ0v) is 18.6. The minimum atomic E-state index is -4.82. The fourth-order valence-corrected chi connectivity index (χ4v) is 3.63. The monoisotopic (exact) mass is 503 g/mol. The van der Waals surface area contributed by atoms with Gasteiger partial charge in [-0.25, -0.2) is 9.07 Å². The number of nitrogens with one attached hydrogen (secondary N) is 2. The lowest BCUT2D eigenvalue weighted by Gasteiger charge is -2.09. The number of aryl methyl sites for hydroxylation is 1. The van der Waals surface area contributed by atoms with Gasteiger partial charge < -0.3 is 15.2 Å². The largest absolute Gasteiger partial charge is 0.573 e. The summed E-state index contributed by atoms with van der Waals surface area (Å²) < 4.78 is 56.4. The summed E-state index contributed by atoms with van der Waals surface area (Å²) in [4.78, 5) is 12.2. The highest BCUT2D eigenvalue weighted by atomic mass is 32.1. The molecule has 3 rings (SSSR count). The molecule has 2 aromatic heterocycles. The first kappa shape index (κ1) is 25.5. The number of alkyl halides is 4. The van der Waals surface area contributed by atoms with Gasteiger partial charge in [0.25, 0.3) is 0 Å². The number of benzene rings is 1. The molecule has 1 amide bonds. The highest BCUT2D eigenvalue weighted by Gasteiger charge is 2.31. The Morgan fingerprint density at radius 1 is 1.29 bits per heavy atom. The van der Waals surface area contributed by atoms with Gasteiger partial charge in [-0.15, -0.1) is 28.5 Å². The molecule has 0 bridgehead atoms. The summed E-state index contributed by atoms with van der Waals surface area (Å²) in [5.74, 6) is -0.918. The number of ether oxygens (including phenoxy) is 1. The highest BCUT2D eigenvalue weighted by molar-refractivity contribution is 7.15. The number of hydrogen-bond acceptors (Lipinski definition) is 9. The number of anilines is 1. The maximum atomic E-state index is 14.3. The van der Waals surface area contributed by atoms with Crippen molar-refractivity contribution in [3.8, 4) is 5.75 Å². The Bertz CT molecular complexity index is 1090. The van der Waals surface area contributed by atoms with E-state index in [0.29, 0.717) is 10.6 Å². The van der Waals surface area contributed by atoms with Gasteiger partial charge in [-0.2, -0.15) is 0 Å². The minimum absolute atomic E-state index is 0.0526. The quantitative estimate of drug-likeness (QED) is 0.269. The molecule has 15 heteroatoms. The van der Waals surface area contributed by atoms with Gasteiger partial charge in [0.05, 0.1) is 19.2 Å². The van der Waals surface area contributed by atoms with Gasteiger partial charge in [0.1, 0.15) is 22.6 Å². The van der Waals surface area contributed by atoms with Gasteiger partial charge >= 0.3 is 6.36 Å². The molecule has 0 spiro atoms. The van der Waals surface area contributed by atoms with Crippen molar-refractivity contribution in [3.05, 3.63) is 46.7 Å². The number of halogens is 4. The van der Waals surface area contributed by atoms with E-state index in [1.54, 1.807) is 7.05 Å². The molecule has 0 radical (unpaired) electrons. The Morgan fingerprint density at radius 3 is 2.82 bits per heavy atom. The molecule has 0 saturated heterocycles. The summed E-state index contributed by atoms with van der Waals surface area (Å²) >= 11 is 1.07. The number of hydrogen-bond donors (Lipinski definition) is 3. The maximum absolute atomic E-state index is 14.3. The van der Waals surface area contributed by atoms with Crippen LogP contribution in [0.5, 0.6) is 5.75 Å². The normalized spacial score (nSPS) is 13.5. The summed E-state index contributed by atoms with van der Waals surface area (Å²) in [6, 6.07) is 5.10. The molecule has 34 heavy (non-hydrogen) atoms. The van der Waals surface area contributed by atoms with E-state index in [1.165, 1.54) is 23.0 Å². The number of aliphatic hydroxyl groups excluding tert-OH is 1. The Morgan fingerprint density at radius 2 is 2.09 bits per heavy atom. The number of aromatic nitrogens is 5. The highest BCUT2D eigenvalue weighted by Crippen LogP contribution is 2.24. The second kappa shape index (κ2) is 11.3. The molecule has 184 valence electrons. The maximum Gasteiger partial charge on any atom is 0.573 e. The molecule has 2 atom stereocenters. The number of carbonyl (C=O) groups excluding carboxylic acids is 1. The predicted molar refractivity (Wildman–Crippen MR) is 113 cm³/mol. The molecule has 0 aliphatic carbocycles. The van der Waals surface area contributed by atoms with Crippen molar-refractivity contribution in [2.75, 3.05) is 12.4 Å². The third kappa shape index (κ3) is 8.00. The minimum Gasteiger partial charge on any atom is -0.406 e. The Kier molecular flexibility index (Phi) is 8.46. The average molecular weight is 503 g/mol. The topological polar surface area (TPSA) is 127 Å². The van der Waals surface area contributed by atoms with Gasteiger partial charge in [0.2, 0.25) is 11.0 Å². The number of nitrogens with zero attached hydrogens (tertiary/aromatic N) is 5. The van der Waals surface area contributed by atoms with Crippen LogP contribution >= 0.6 is 11.3 Å². The van der Waals surface area contributed by atoms with Crippen LogP contribution in [0.3, 0.4) is 0 Å². The van der Waals surface area contributed by atoms with Crippen LogP contribution < -0.4 is 15.4 Å². The van der Waals surface area contributed by atoms with E-state index in [0.717, 1.165) is 23.5 Å². The van der Waals surface area contributed by atoms with Crippen LogP contribution in [0.25, 0.3) is 0 Å². The molecular formula is C19H21F4N7O3S. The fraction of sp³-hybridized carbons (Fsp3) is 0.421. The Labute approximate surface area is 195 Å². The van der Waals surface area contributed by atoms with Gasteiger partial charge in [0.15, 0.2) is 6.23 Å². The van der Waals surface area contributed by atoms with Crippen molar-refractivity contribution >= 4 is 22.4 Å². The van der Waals surface area contributed by atoms with E-state index in [2.05, 4.69) is 35.9 Å². The summed E-state index contributed by atoms with van der Waals surface area (Å²) in [7, 11) is 1.55. The molecule has 0 saturated carbocycles. The Hall–Kier alpha value is -3.17. The second-order valence-corrected chi connectivity index (χ2v) is 8.18. The fourth-order valence-electron chi connectivity index (χ4n) is 2.86. The summed E-state index contributed by atoms with van der Waals surface area (Å²) in [5, 5.41) is 30.7. The molecule has 2 heterocycles. The molecular weight excluding hydrogens is 482 g/mol. The zero-order valence-electron chi connectivity index (χ0n) is 17.8. The van der Waals surface area contributed by atoms with E-state index in [9.17, 15) is 27.5 Å². The van der Waals surface area contributed by atoms with Crippen LogP contribution in [0.1, 0.15) is 28.9 Å². The lowest BCUT2D eigenvalue weighted by molar-refractivity contribution is -0.274. The van der Waals surface area contributed by atoms with E-state index in [4.69, 9.17) is 0 Å². The van der Waals surface area contributed by atoms with Gasteiger partial charge in [-0.05, 0) is 31.2 Å². The number of carbonyl (C=O) groups is 1. The number of aliphatic hydroxyl groups is 1. The van der Waals surface area contributed by atoms with Crippen molar-refractivity contribution in [2.45, 2.75) is 44.6 Å². The molecule has 3 N–H and O–H groups in total. The summed E-state index contributed by atoms with van der Waals surface area (Å²) in [5.41, 5.74) is 0.599. The Balaban J connectivity index is 1.45. The first-order valence-corrected chi connectivity index (χ1v) is 10.8. The molecule has 1 unspecified atom stereocenters. The third-order valence-electron chi connectivity index (χ3n) is 4.38. The van der Waals surface area contributed by atoms with E-state index in [1.807, 2.05) is 0 Å². The van der Waals surface area contributed by atoms with Crippen LogP contribution in [0.15, 0.2) is 30.5 Å². The third-order valence-corrected chi connectivity index (χ3v) is 5.27. The van der Waals surface area contributed by atoms with Crippen LogP contribution in [0, 0.1) is 0 Å². The molecule has 10 nitrogen and oxygen atoms in total. The van der Waals surface area contributed by atoms with Crippen LogP contribution in [0.4, 0.5) is 22.7 Å². The first-order chi connectivity index (χ1) is 16.1. The van der Waals surface area contributed by atoms with Crippen molar-refractivity contribution in [1.82, 2.24) is 30.5 Å². The van der Waals surface area contributed by atoms with Gasteiger partial charge in [-0.3, -0.25) is 10.1 Å². The van der Waals surface area contributed by atoms with Crippen molar-refractivity contribution < 1.29 is 32.2 Å². The average Bonchev–Trinajstić information content (AvgIpc) is 3.40. The lowest BCUT2D eigenvalue weighted by Crippen LogP contribution is -2.17. The van der Waals surface area contributed by atoms with Crippen molar-refractivity contribution in [2.24, 2.45) is 0 Å². The predicted octanol–water partition coefficient (Wildman–Crippen LogP) is 2.39. The van der Waals surface area contributed by atoms with Crippen molar-refractivity contribution in [3.63, 3.8) is 0 Å². The van der Waals surface area contributed by atoms with Gasteiger partial charge in [0, 0.05) is 6.42 Å². The molecule has 1 aromatic carbocycles. The second-order valence-electron chi connectivity index (χ2n) is 7.11. The smallest absolute Gasteiger partial charge is 0.406 e. The van der Waals surface area contributed by atoms with Gasteiger partial charge in [-0.1, -0.05) is 28.7 Å². The van der Waals surface area contributed by atoms with Crippen LogP contribution in [-0.4, -0.2) is 55.8 Å². The number of amides is 1.